The second-order valence-electron chi connectivity index (χ2n) is 5.96. The average molecular weight is 269 g/mol. The molecule has 2 rings (SSSR count). The molecular formula is C15H24FNO2. The number of halogens is 1. The fourth-order valence-corrected chi connectivity index (χ4v) is 3.60. The van der Waals surface area contributed by atoms with E-state index in [1.165, 1.54) is 7.11 Å². The summed E-state index contributed by atoms with van der Waals surface area (Å²) in [4.78, 5) is 12.3. The third kappa shape index (κ3) is 2.42. The molecule has 108 valence electrons. The van der Waals surface area contributed by atoms with Crippen LogP contribution >= 0.6 is 0 Å². The van der Waals surface area contributed by atoms with Crippen molar-refractivity contribution < 1.29 is 13.9 Å². The topological polar surface area (TPSA) is 38.3 Å². The van der Waals surface area contributed by atoms with Crippen molar-refractivity contribution in [3.05, 3.63) is 11.4 Å². The monoisotopic (exact) mass is 269 g/mol. The molecule has 1 saturated heterocycles. The molecule has 2 aliphatic rings. The van der Waals surface area contributed by atoms with Gasteiger partial charge in [-0.25, -0.2) is 4.39 Å². The summed E-state index contributed by atoms with van der Waals surface area (Å²) in [6, 6.07) is 0. The van der Waals surface area contributed by atoms with Crippen molar-refractivity contribution in [2.45, 2.75) is 39.5 Å². The molecule has 2 unspecified atom stereocenters. The number of allylic oxidation sites excluding steroid dienone is 1. The van der Waals surface area contributed by atoms with Gasteiger partial charge in [0.2, 0.25) is 0 Å². The molecule has 19 heavy (non-hydrogen) atoms. The van der Waals surface area contributed by atoms with Crippen LogP contribution in [0, 0.1) is 17.3 Å². The van der Waals surface area contributed by atoms with E-state index >= 15 is 0 Å². The molecule has 1 aliphatic carbocycles. The molecule has 0 amide bonds. The quantitative estimate of drug-likeness (QED) is 0.783. The van der Waals surface area contributed by atoms with E-state index in [4.69, 9.17) is 4.74 Å². The molecule has 1 heterocycles. The molecule has 1 aliphatic heterocycles. The van der Waals surface area contributed by atoms with Gasteiger partial charge in [-0.3, -0.25) is 4.79 Å². The summed E-state index contributed by atoms with van der Waals surface area (Å²) in [7, 11) is 1.40. The highest BCUT2D eigenvalue weighted by molar-refractivity contribution is 5.81. The maximum atomic E-state index is 14.7. The van der Waals surface area contributed by atoms with Crippen LogP contribution in [-0.4, -0.2) is 26.2 Å². The molecule has 0 aromatic carbocycles. The van der Waals surface area contributed by atoms with Gasteiger partial charge in [0, 0.05) is 5.92 Å². The van der Waals surface area contributed by atoms with Crippen LogP contribution in [0.2, 0.25) is 0 Å². The highest BCUT2D eigenvalue weighted by Crippen LogP contribution is 2.49. The third-order valence-corrected chi connectivity index (χ3v) is 4.76. The van der Waals surface area contributed by atoms with Crippen LogP contribution in [0.1, 0.15) is 39.5 Å². The number of carbonyl (C=O) groups excluding carboxylic acids is 1. The van der Waals surface area contributed by atoms with Crippen molar-refractivity contribution in [3.63, 3.8) is 0 Å². The summed E-state index contributed by atoms with van der Waals surface area (Å²) in [6.07, 6.45) is 3.10. The minimum Gasteiger partial charge on any atom is -0.468 e. The molecule has 0 saturated carbocycles. The predicted molar refractivity (Wildman–Crippen MR) is 72.2 cm³/mol. The van der Waals surface area contributed by atoms with Crippen molar-refractivity contribution in [2.24, 2.45) is 17.3 Å². The zero-order valence-electron chi connectivity index (χ0n) is 12.1. The van der Waals surface area contributed by atoms with E-state index < -0.39 is 5.41 Å². The van der Waals surface area contributed by atoms with Crippen molar-refractivity contribution in [2.75, 3.05) is 20.2 Å². The lowest BCUT2D eigenvalue weighted by Gasteiger charge is -2.42. The molecule has 1 fully saturated rings. The largest absolute Gasteiger partial charge is 0.468 e. The van der Waals surface area contributed by atoms with Gasteiger partial charge in [-0.1, -0.05) is 13.8 Å². The highest BCUT2D eigenvalue weighted by Gasteiger charge is 2.48. The lowest BCUT2D eigenvalue weighted by atomic mass is 9.64. The third-order valence-electron chi connectivity index (χ3n) is 4.76. The van der Waals surface area contributed by atoms with Gasteiger partial charge < -0.3 is 10.1 Å². The maximum absolute atomic E-state index is 14.7. The molecule has 3 nitrogen and oxygen atoms in total. The number of carbonyl (C=O) groups is 1. The number of rotatable bonds is 2. The van der Waals surface area contributed by atoms with Gasteiger partial charge in [0.1, 0.15) is 5.83 Å². The van der Waals surface area contributed by atoms with E-state index in [9.17, 15) is 9.18 Å². The van der Waals surface area contributed by atoms with Gasteiger partial charge in [-0.15, -0.1) is 0 Å². The Hall–Kier alpha value is -0.900. The Labute approximate surface area is 114 Å². The van der Waals surface area contributed by atoms with Crippen molar-refractivity contribution >= 4 is 5.97 Å². The molecule has 0 bridgehead atoms. The van der Waals surface area contributed by atoms with Crippen molar-refractivity contribution in [3.8, 4) is 0 Å². The lowest BCUT2D eigenvalue weighted by Crippen LogP contribution is -2.46. The Kier molecular flexibility index (Phi) is 4.29. The predicted octanol–water partition coefficient (Wildman–Crippen LogP) is 2.82. The van der Waals surface area contributed by atoms with Crippen LogP contribution in [0.5, 0.6) is 0 Å². The highest BCUT2D eigenvalue weighted by atomic mass is 19.1. The fraction of sp³-hybridized carbons (Fsp3) is 0.800. The smallest absolute Gasteiger partial charge is 0.316 e. The zero-order valence-corrected chi connectivity index (χ0v) is 12.1. The Morgan fingerprint density at radius 3 is 2.42 bits per heavy atom. The van der Waals surface area contributed by atoms with Gasteiger partial charge in [0.15, 0.2) is 0 Å². The van der Waals surface area contributed by atoms with Crippen LogP contribution in [0.3, 0.4) is 0 Å². The van der Waals surface area contributed by atoms with E-state index in [2.05, 4.69) is 5.32 Å². The van der Waals surface area contributed by atoms with Gasteiger partial charge in [0.05, 0.1) is 12.5 Å². The normalized spacial score (nSPS) is 31.2. The van der Waals surface area contributed by atoms with Gasteiger partial charge >= 0.3 is 5.97 Å². The molecule has 2 atom stereocenters. The van der Waals surface area contributed by atoms with E-state index in [1.807, 2.05) is 13.8 Å². The van der Waals surface area contributed by atoms with Crippen LogP contribution < -0.4 is 5.32 Å². The molecule has 4 heteroatoms. The first-order chi connectivity index (χ1) is 9.03. The van der Waals surface area contributed by atoms with E-state index in [1.54, 1.807) is 0 Å². The first-order valence-electron chi connectivity index (χ1n) is 7.22. The summed E-state index contributed by atoms with van der Waals surface area (Å²) in [5.41, 5.74) is -0.0161. The van der Waals surface area contributed by atoms with Gasteiger partial charge in [-0.2, -0.15) is 0 Å². The number of methoxy groups -OCH3 is 1. The molecule has 0 radical (unpaired) electrons. The fourth-order valence-electron chi connectivity index (χ4n) is 3.60. The molecule has 0 aromatic heterocycles. The number of ether oxygens (including phenoxy) is 1. The lowest BCUT2D eigenvalue weighted by molar-refractivity contribution is -0.152. The molecule has 0 aromatic rings. The number of hydrogen-bond donors (Lipinski definition) is 1. The van der Waals surface area contributed by atoms with E-state index in [0.29, 0.717) is 12.8 Å². The minimum absolute atomic E-state index is 0.0638. The summed E-state index contributed by atoms with van der Waals surface area (Å²) < 4.78 is 19.7. The molecular weight excluding hydrogens is 245 g/mol. The Morgan fingerprint density at radius 2 is 1.84 bits per heavy atom. The summed E-state index contributed by atoms with van der Waals surface area (Å²) in [5, 5.41) is 3.25. The minimum atomic E-state index is -0.738. The van der Waals surface area contributed by atoms with Crippen molar-refractivity contribution in [1.82, 2.24) is 5.32 Å². The number of nitrogens with one attached hydrogen (secondary N) is 1. The maximum Gasteiger partial charge on any atom is 0.316 e. The number of piperidine rings is 1. The van der Waals surface area contributed by atoms with Gasteiger partial charge in [-0.05, 0) is 50.3 Å². The van der Waals surface area contributed by atoms with Gasteiger partial charge in [0.25, 0.3) is 0 Å². The summed E-state index contributed by atoms with van der Waals surface area (Å²) >= 11 is 0. The van der Waals surface area contributed by atoms with Crippen LogP contribution in [0.4, 0.5) is 4.39 Å². The zero-order chi connectivity index (χ0) is 14.0. The standard InChI is InChI=1S/C15H24FNO2/c1-10-4-5-11(2)13(16)12(10)15(14(18)19-3)6-8-17-9-7-15/h10-11,17H,4-9H2,1-3H3. The average Bonchev–Trinajstić information content (AvgIpc) is 2.43. The molecule has 0 spiro atoms. The van der Waals surface area contributed by atoms with E-state index in [-0.39, 0.29) is 23.6 Å². The Balaban J connectivity index is 2.47. The first kappa shape index (κ1) is 14.5. The van der Waals surface area contributed by atoms with Crippen LogP contribution in [0.15, 0.2) is 11.4 Å². The Morgan fingerprint density at radius 1 is 1.26 bits per heavy atom. The van der Waals surface area contributed by atoms with Crippen LogP contribution in [0.25, 0.3) is 0 Å². The summed E-state index contributed by atoms with van der Waals surface area (Å²) in [5.74, 6) is -0.262. The Bertz CT molecular complexity index is 386. The second kappa shape index (κ2) is 5.61. The SMILES string of the molecule is COC(=O)C1(C2=C(F)C(C)CCC2C)CCNCC1. The summed E-state index contributed by atoms with van der Waals surface area (Å²) in [6.45, 7) is 5.43. The molecule has 1 N–H and O–H groups in total. The second-order valence-corrected chi connectivity index (χ2v) is 5.96. The number of esters is 1. The van der Waals surface area contributed by atoms with E-state index in [0.717, 1.165) is 31.5 Å². The number of hydrogen-bond acceptors (Lipinski definition) is 3. The van der Waals surface area contributed by atoms with Crippen LogP contribution in [-0.2, 0) is 9.53 Å². The first-order valence-corrected chi connectivity index (χ1v) is 7.22. The van der Waals surface area contributed by atoms with Crippen molar-refractivity contribution in [1.29, 1.82) is 0 Å².